The number of carboxylic acids is 1. The van der Waals surface area contributed by atoms with Crippen LogP contribution >= 0.6 is 0 Å². The maximum Gasteiger partial charge on any atom is 0.339 e. The minimum absolute atomic E-state index is 0.0549. The van der Waals surface area contributed by atoms with Crippen molar-refractivity contribution in [3.8, 4) is 0 Å². The summed E-state index contributed by atoms with van der Waals surface area (Å²) in [6.45, 7) is 9.73. The van der Waals surface area contributed by atoms with Gasteiger partial charge in [-0.05, 0) is 61.6 Å². The van der Waals surface area contributed by atoms with Gasteiger partial charge in [-0.2, -0.15) is 0 Å². The van der Waals surface area contributed by atoms with E-state index in [1.54, 1.807) is 12.3 Å². The van der Waals surface area contributed by atoms with Crippen LogP contribution in [0.4, 0.5) is 11.5 Å². The molecule has 2 N–H and O–H groups in total. The van der Waals surface area contributed by atoms with Crippen LogP contribution in [-0.2, 0) is 12.0 Å². The highest BCUT2D eigenvalue weighted by Crippen LogP contribution is 2.40. The Bertz CT molecular complexity index is 1060. The molecule has 2 heterocycles. The normalized spacial score (nSPS) is 14.4. The van der Waals surface area contributed by atoms with Crippen molar-refractivity contribution in [3.63, 3.8) is 0 Å². The lowest BCUT2D eigenvalue weighted by molar-refractivity contribution is 0.0697. The molecule has 1 aliphatic carbocycles. The van der Waals surface area contributed by atoms with Gasteiger partial charge in [0.15, 0.2) is 0 Å². The van der Waals surface area contributed by atoms with E-state index >= 15 is 0 Å². The number of anilines is 2. The summed E-state index contributed by atoms with van der Waals surface area (Å²) in [4.78, 5) is 16.2. The molecule has 0 atom stereocenters. The molecule has 0 radical (unpaired) electrons. The van der Waals surface area contributed by atoms with E-state index in [2.05, 4.69) is 60.8 Å². The molecular weight excluding hydrogens is 350 g/mol. The number of fused-ring (bicyclic) bond motifs is 1. The van der Waals surface area contributed by atoms with Crippen molar-refractivity contribution in [2.45, 2.75) is 58.4 Å². The third-order valence-corrected chi connectivity index (χ3v) is 5.44. The summed E-state index contributed by atoms with van der Waals surface area (Å²) in [5, 5.41) is 14.0. The number of rotatable bonds is 5. The Hall–Kier alpha value is -2.82. The van der Waals surface area contributed by atoms with E-state index in [1.165, 1.54) is 11.2 Å². The zero-order valence-corrected chi connectivity index (χ0v) is 16.9. The molecule has 0 saturated heterocycles. The van der Waals surface area contributed by atoms with Crippen LogP contribution < -0.4 is 5.32 Å². The van der Waals surface area contributed by atoms with Gasteiger partial charge in [-0.3, -0.25) is 0 Å². The summed E-state index contributed by atoms with van der Waals surface area (Å²) >= 11 is 0. The molecule has 0 bridgehead atoms. The molecule has 1 fully saturated rings. The molecule has 0 aliphatic heterocycles. The zero-order chi connectivity index (χ0) is 20.1. The summed E-state index contributed by atoms with van der Waals surface area (Å²) in [6.07, 6.45) is 4.04. The van der Waals surface area contributed by atoms with Crippen molar-refractivity contribution in [1.82, 2.24) is 9.55 Å². The minimum Gasteiger partial charge on any atom is -0.478 e. The Balaban J connectivity index is 1.71. The fourth-order valence-corrected chi connectivity index (χ4v) is 3.83. The lowest BCUT2D eigenvalue weighted by Gasteiger charge is -2.21. The van der Waals surface area contributed by atoms with Crippen LogP contribution in [0.3, 0.4) is 0 Å². The molecule has 146 valence electrons. The Kier molecular flexibility index (Phi) is 4.41. The smallest absolute Gasteiger partial charge is 0.339 e. The van der Waals surface area contributed by atoms with Crippen LogP contribution in [0.1, 0.15) is 68.1 Å². The molecule has 4 rings (SSSR count). The second-order valence-corrected chi connectivity index (χ2v) is 8.67. The molecule has 0 unspecified atom stereocenters. The molecule has 1 aromatic carbocycles. The van der Waals surface area contributed by atoms with Crippen molar-refractivity contribution in [2.75, 3.05) is 5.32 Å². The summed E-state index contributed by atoms with van der Waals surface area (Å²) < 4.78 is 2.34. The number of aromatic nitrogens is 2. The number of hydrogen-bond acceptors (Lipinski definition) is 3. The molecule has 1 saturated carbocycles. The summed E-state index contributed by atoms with van der Waals surface area (Å²) in [5.74, 6) is -0.0893. The number of nitrogens with one attached hydrogen (secondary N) is 1. The zero-order valence-electron chi connectivity index (χ0n) is 16.9. The van der Waals surface area contributed by atoms with Crippen LogP contribution in [0, 0.1) is 0 Å². The first-order valence-electron chi connectivity index (χ1n) is 9.92. The second kappa shape index (κ2) is 6.66. The maximum absolute atomic E-state index is 11.7. The fraction of sp³-hybridized carbons (Fsp3) is 0.391. The molecule has 0 spiro atoms. The van der Waals surface area contributed by atoms with Crippen molar-refractivity contribution < 1.29 is 9.90 Å². The number of carboxylic acid groups (broad SMARTS) is 1. The van der Waals surface area contributed by atoms with Crippen molar-refractivity contribution in [1.29, 1.82) is 0 Å². The van der Waals surface area contributed by atoms with Crippen LogP contribution in [0.2, 0.25) is 0 Å². The lowest BCUT2D eigenvalue weighted by atomic mass is 9.92. The summed E-state index contributed by atoms with van der Waals surface area (Å²) in [7, 11) is 0. The van der Waals surface area contributed by atoms with Gasteiger partial charge in [0, 0.05) is 40.4 Å². The van der Waals surface area contributed by atoms with E-state index in [4.69, 9.17) is 0 Å². The topological polar surface area (TPSA) is 67.2 Å². The highest BCUT2D eigenvalue weighted by Gasteiger charge is 2.26. The fourth-order valence-electron chi connectivity index (χ4n) is 3.83. The van der Waals surface area contributed by atoms with Crippen LogP contribution in [0.5, 0.6) is 0 Å². The Morgan fingerprint density at radius 3 is 2.61 bits per heavy atom. The van der Waals surface area contributed by atoms with Crippen molar-refractivity contribution in [2.24, 2.45) is 0 Å². The van der Waals surface area contributed by atoms with Crippen molar-refractivity contribution in [3.05, 3.63) is 53.3 Å². The number of aryl methyl sites for hydroxylation is 1. The van der Waals surface area contributed by atoms with Gasteiger partial charge in [0.25, 0.3) is 0 Å². The number of hydrogen-bond donors (Lipinski definition) is 2. The highest BCUT2D eigenvalue weighted by atomic mass is 16.4. The van der Waals surface area contributed by atoms with Gasteiger partial charge in [0.2, 0.25) is 0 Å². The average Bonchev–Trinajstić information content (AvgIpc) is 3.41. The quantitative estimate of drug-likeness (QED) is 0.601. The van der Waals surface area contributed by atoms with E-state index in [0.29, 0.717) is 11.7 Å². The first-order valence-corrected chi connectivity index (χ1v) is 9.92. The summed E-state index contributed by atoms with van der Waals surface area (Å²) in [6, 6.07) is 10.1. The third-order valence-electron chi connectivity index (χ3n) is 5.44. The van der Waals surface area contributed by atoms with Gasteiger partial charge in [0.05, 0.1) is 0 Å². The third kappa shape index (κ3) is 3.37. The molecule has 3 aromatic rings. The lowest BCUT2D eigenvalue weighted by Crippen LogP contribution is -2.16. The number of aromatic carboxylic acids is 1. The van der Waals surface area contributed by atoms with Gasteiger partial charge in [-0.1, -0.05) is 20.8 Å². The highest BCUT2D eigenvalue weighted by molar-refractivity contribution is 5.95. The average molecular weight is 377 g/mol. The van der Waals surface area contributed by atoms with Crippen molar-refractivity contribution >= 4 is 28.4 Å². The standard InChI is InChI=1S/C23H27N3O2/c1-5-26-19-9-8-17(10-15(19)12-20(26)23(2,3)4)25-21-18(22(27)28)11-16(13-24-21)14-6-7-14/h8-14H,5-7H2,1-4H3,(H,24,25)(H,27,28). The summed E-state index contributed by atoms with van der Waals surface area (Å²) in [5.41, 5.74) is 4.63. The van der Waals surface area contributed by atoms with Crippen LogP contribution in [0.15, 0.2) is 36.5 Å². The van der Waals surface area contributed by atoms with E-state index < -0.39 is 5.97 Å². The van der Waals surface area contributed by atoms with Crippen LogP contribution in [-0.4, -0.2) is 20.6 Å². The number of benzene rings is 1. The number of nitrogens with zero attached hydrogens (tertiary/aromatic N) is 2. The molecule has 0 amide bonds. The van der Waals surface area contributed by atoms with Gasteiger partial charge < -0.3 is 15.0 Å². The molecule has 5 nitrogen and oxygen atoms in total. The Morgan fingerprint density at radius 1 is 1.25 bits per heavy atom. The van der Waals surface area contributed by atoms with E-state index in [-0.39, 0.29) is 11.0 Å². The maximum atomic E-state index is 11.7. The first kappa shape index (κ1) is 18.5. The minimum atomic E-state index is -0.953. The van der Waals surface area contributed by atoms with Gasteiger partial charge in [-0.15, -0.1) is 0 Å². The number of pyridine rings is 1. The predicted octanol–water partition coefficient (Wildman–Crippen LogP) is 5.67. The van der Waals surface area contributed by atoms with Crippen LogP contribution in [0.25, 0.3) is 10.9 Å². The van der Waals surface area contributed by atoms with E-state index in [9.17, 15) is 9.90 Å². The first-order chi connectivity index (χ1) is 13.3. The predicted molar refractivity (Wildman–Crippen MR) is 113 cm³/mol. The van der Waals surface area contributed by atoms with E-state index in [1.807, 2.05) is 6.07 Å². The molecule has 2 aromatic heterocycles. The number of carbonyl (C=O) groups is 1. The molecule has 28 heavy (non-hydrogen) atoms. The molecular formula is C23H27N3O2. The van der Waals surface area contributed by atoms with E-state index in [0.717, 1.165) is 36.0 Å². The molecule has 1 aliphatic rings. The van der Waals surface area contributed by atoms with Gasteiger partial charge >= 0.3 is 5.97 Å². The SMILES string of the molecule is CCn1c(C(C)(C)C)cc2cc(Nc3ncc(C4CC4)cc3C(=O)O)ccc21. The van der Waals surface area contributed by atoms with Gasteiger partial charge in [-0.25, -0.2) is 9.78 Å². The second-order valence-electron chi connectivity index (χ2n) is 8.67. The Morgan fingerprint density at radius 2 is 2.00 bits per heavy atom. The monoisotopic (exact) mass is 377 g/mol. The molecule has 5 heteroatoms. The Labute approximate surface area is 165 Å². The largest absolute Gasteiger partial charge is 0.478 e. The van der Waals surface area contributed by atoms with Gasteiger partial charge in [0.1, 0.15) is 11.4 Å².